The SMILES string of the molecule is CC(C)OCCCn1c(-c2ccc(NCc3ccccc3)cc2)c(C#N)c2[nH]cnc(=S)c21. The summed E-state index contributed by atoms with van der Waals surface area (Å²) in [4.78, 5) is 7.40. The molecule has 2 aromatic carbocycles. The lowest BCUT2D eigenvalue weighted by molar-refractivity contribution is 0.0751. The van der Waals surface area contributed by atoms with Gasteiger partial charge in [-0.05, 0) is 43.5 Å². The number of benzene rings is 2. The van der Waals surface area contributed by atoms with Crippen molar-refractivity contribution in [2.75, 3.05) is 11.9 Å². The Hall–Kier alpha value is -3.47. The van der Waals surface area contributed by atoms with Crippen molar-refractivity contribution in [3.05, 3.63) is 76.7 Å². The Bertz CT molecular complexity index is 1320. The zero-order valence-electron chi connectivity index (χ0n) is 18.8. The topological polar surface area (TPSA) is 78.7 Å². The van der Waals surface area contributed by atoms with Crippen molar-refractivity contribution in [1.29, 1.82) is 5.26 Å². The molecule has 33 heavy (non-hydrogen) atoms. The van der Waals surface area contributed by atoms with Crippen LogP contribution in [0.4, 0.5) is 5.69 Å². The van der Waals surface area contributed by atoms with Gasteiger partial charge in [-0.15, -0.1) is 0 Å². The predicted molar refractivity (Wildman–Crippen MR) is 135 cm³/mol. The van der Waals surface area contributed by atoms with Crippen LogP contribution in [0.2, 0.25) is 0 Å². The standard InChI is InChI=1S/C26H27N5OS/c1-18(2)32-14-6-13-31-24(22(15-27)23-25(31)26(33)30-17-29-23)20-9-11-21(12-10-20)28-16-19-7-4-3-5-8-19/h3-5,7-12,17-18,28H,6,13-14,16H2,1-2H3,(H,29,30,33). The van der Waals surface area contributed by atoms with E-state index in [9.17, 15) is 5.26 Å². The zero-order valence-corrected chi connectivity index (χ0v) is 19.7. The van der Waals surface area contributed by atoms with E-state index in [1.54, 1.807) is 6.33 Å². The Morgan fingerprint density at radius 3 is 2.61 bits per heavy atom. The molecule has 0 fully saturated rings. The van der Waals surface area contributed by atoms with Gasteiger partial charge in [-0.3, -0.25) is 0 Å². The van der Waals surface area contributed by atoms with E-state index in [1.165, 1.54) is 5.56 Å². The van der Waals surface area contributed by atoms with Crippen LogP contribution in [0.15, 0.2) is 60.9 Å². The normalized spacial score (nSPS) is 11.1. The molecule has 0 saturated heterocycles. The first-order valence-corrected chi connectivity index (χ1v) is 11.5. The number of hydrogen-bond donors (Lipinski definition) is 2. The lowest BCUT2D eigenvalue weighted by Crippen LogP contribution is -2.08. The highest BCUT2D eigenvalue weighted by atomic mass is 32.1. The van der Waals surface area contributed by atoms with E-state index in [4.69, 9.17) is 17.0 Å². The van der Waals surface area contributed by atoms with Crippen LogP contribution < -0.4 is 5.32 Å². The smallest absolute Gasteiger partial charge is 0.153 e. The fraction of sp³-hybridized carbons (Fsp3) is 0.269. The van der Waals surface area contributed by atoms with Crippen LogP contribution in [0.5, 0.6) is 0 Å². The fourth-order valence-electron chi connectivity index (χ4n) is 3.92. The summed E-state index contributed by atoms with van der Waals surface area (Å²) >= 11 is 5.53. The average molecular weight is 458 g/mol. The third kappa shape index (κ3) is 5.14. The van der Waals surface area contributed by atoms with Crippen molar-refractivity contribution < 1.29 is 4.74 Å². The third-order valence-corrected chi connectivity index (χ3v) is 5.74. The van der Waals surface area contributed by atoms with Crippen molar-refractivity contribution in [2.24, 2.45) is 0 Å². The summed E-state index contributed by atoms with van der Waals surface area (Å²) in [6.45, 7) is 6.12. The first-order chi connectivity index (χ1) is 16.1. The van der Waals surface area contributed by atoms with Gasteiger partial charge < -0.3 is 19.6 Å². The molecule has 6 nitrogen and oxygen atoms in total. The number of hydrogen-bond acceptors (Lipinski definition) is 5. The minimum absolute atomic E-state index is 0.181. The fourth-order valence-corrected chi connectivity index (χ4v) is 4.18. The van der Waals surface area contributed by atoms with E-state index in [0.717, 1.165) is 40.9 Å². The maximum absolute atomic E-state index is 10.0. The first-order valence-electron chi connectivity index (χ1n) is 11.1. The Morgan fingerprint density at radius 1 is 1.15 bits per heavy atom. The van der Waals surface area contributed by atoms with Crippen molar-refractivity contribution in [2.45, 2.75) is 39.5 Å². The molecule has 0 radical (unpaired) electrons. The first kappa shape index (κ1) is 22.7. The van der Waals surface area contributed by atoms with E-state index in [-0.39, 0.29) is 6.10 Å². The molecule has 0 unspecified atom stereocenters. The Balaban J connectivity index is 1.67. The molecule has 0 spiro atoms. The lowest BCUT2D eigenvalue weighted by atomic mass is 10.1. The summed E-state index contributed by atoms with van der Waals surface area (Å²) < 4.78 is 8.32. The summed E-state index contributed by atoms with van der Waals surface area (Å²) in [6.07, 6.45) is 2.54. The van der Waals surface area contributed by atoms with Crippen LogP contribution in [-0.4, -0.2) is 27.2 Å². The number of aryl methyl sites for hydroxylation is 1. The highest BCUT2D eigenvalue weighted by Gasteiger charge is 2.20. The summed E-state index contributed by atoms with van der Waals surface area (Å²) in [6, 6.07) is 20.8. The number of nitrogens with zero attached hydrogens (tertiary/aromatic N) is 3. The number of fused-ring (bicyclic) bond motifs is 1. The monoisotopic (exact) mass is 457 g/mol. The maximum Gasteiger partial charge on any atom is 0.153 e. The van der Waals surface area contributed by atoms with Crippen molar-refractivity contribution >= 4 is 28.9 Å². The molecule has 0 bridgehead atoms. The van der Waals surface area contributed by atoms with Gasteiger partial charge in [-0.25, -0.2) is 4.98 Å². The van der Waals surface area contributed by atoms with Crippen LogP contribution >= 0.6 is 12.2 Å². The number of aromatic nitrogens is 3. The van der Waals surface area contributed by atoms with E-state index in [2.05, 4.69) is 38.1 Å². The quantitative estimate of drug-likeness (QED) is 0.236. The summed E-state index contributed by atoms with van der Waals surface area (Å²) in [7, 11) is 0. The molecule has 0 saturated carbocycles. The zero-order chi connectivity index (χ0) is 23.2. The van der Waals surface area contributed by atoms with Crippen LogP contribution in [0.3, 0.4) is 0 Å². The molecular formula is C26H27N5OS. The van der Waals surface area contributed by atoms with Gasteiger partial charge in [0.25, 0.3) is 0 Å². The summed E-state index contributed by atoms with van der Waals surface area (Å²) in [5.41, 5.74) is 6.14. The Morgan fingerprint density at radius 2 is 1.91 bits per heavy atom. The van der Waals surface area contributed by atoms with Crippen LogP contribution in [0, 0.1) is 16.0 Å². The van der Waals surface area contributed by atoms with Crippen LogP contribution in [0.25, 0.3) is 22.3 Å². The Kier molecular flexibility index (Phi) is 7.18. The van der Waals surface area contributed by atoms with Crippen molar-refractivity contribution in [3.63, 3.8) is 0 Å². The highest BCUT2D eigenvalue weighted by molar-refractivity contribution is 7.71. The van der Waals surface area contributed by atoms with Crippen LogP contribution in [0.1, 0.15) is 31.4 Å². The molecule has 2 aromatic heterocycles. The number of nitriles is 1. The second-order valence-corrected chi connectivity index (χ2v) is 8.49. The van der Waals surface area contributed by atoms with Gasteiger partial charge in [0, 0.05) is 25.4 Å². The van der Waals surface area contributed by atoms with E-state index in [0.29, 0.717) is 23.4 Å². The van der Waals surface area contributed by atoms with Crippen molar-refractivity contribution in [1.82, 2.24) is 14.5 Å². The van der Waals surface area contributed by atoms with Gasteiger partial charge >= 0.3 is 0 Å². The highest BCUT2D eigenvalue weighted by Crippen LogP contribution is 2.33. The van der Waals surface area contributed by atoms with E-state index < -0.39 is 0 Å². The largest absolute Gasteiger partial charge is 0.381 e. The van der Waals surface area contributed by atoms with Gasteiger partial charge in [0.05, 0.1) is 23.6 Å². The number of nitrogens with one attached hydrogen (secondary N) is 2. The molecule has 168 valence electrons. The molecule has 2 heterocycles. The van der Waals surface area contributed by atoms with E-state index >= 15 is 0 Å². The number of anilines is 1. The average Bonchev–Trinajstić information content (AvgIpc) is 3.16. The molecule has 4 aromatic rings. The molecule has 0 aliphatic carbocycles. The molecule has 4 rings (SSSR count). The predicted octanol–water partition coefficient (Wildman–Crippen LogP) is 6.06. The second kappa shape index (κ2) is 10.4. The summed E-state index contributed by atoms with van der Waals surface area (Å²) in [5, 5.41) is 13.5. The van der Waals surface area contributed by atoms with Gasteiger partial charge in [-0.2, -0.15) is 5.26 Å². The molecule has 0 amide bonds. The molecular weight excluding hydrogens is 430 g/mol. The third-order valence-electron chi connectivity index (χ3n) is 5.44. The number of rotatable bonds is 9. The minimum Gasteiger partial charge on any atom is -0.381 e. The number of H-pyrrole nitrogens is 1. The molecule has 0 atom stereocenters. The Labute approximate surface area is 198 Å². The lowest BCUT2D eigenvalue weighted by Gasteiger charge is -2.13. The molecule has 0 aliphatic heterocycles. The second-order valence-electron chi connectivity index (χ2n) is 8.11. The van der Waals surface area contributed by atoms with Gasteiger partial charge in [-0.1, -0.05) is 54.7 Å². The molecule has 2 N–H and O–H groups in total. The molecule has 0 aliphatic rings. The van der Waals surface area contributed by atoms with Crippen molar-refractivity contribution in [3.8, 4) is 17.3 Å². The number of ether oxygens (including phenoxy) is 1. The minimum atomic E-state index is 0.181. The van der Waals surface area contributed by atoms with Crippen LogP contribution in [-0.2, 0) is 17.8 Å². The molecule has 7 heteroatoms. The van der Waals surface area contributed by atoms with E-state index in [1.807, 2.05) is 56.3 Å². The van der Waals surface area contributed by atoms with Gasteiger partial charge in [0.2, 0.25) is 0 Å². The number of aromatic amines is 1. The maximum atomic E-state index is 10.0. The van der Waals surface area contributed by atoms with Gasteiger partial charge in [0.15, 0.2) is 4.64 Å². The summed E-state index contributed by atoms with van der Waals surface area (Å²) in [5.74, 6) is 0. The van der Waals surface area contributed by atoms with Gasteiger partial charge in [0.1, 0.15) is 17.1 Å².